The van der Waals surface area contributed by atoms with Crippen molar-refractivity contribution < 1.29 is 82.3 Å². The summed E-state index contributed by atoms with van der Waals surface area (Å²) in [7, 11) is 0. The number of ether oxygens (including phenoxy) is 3. The second kappa shape index (κ2) is 23.2. The van der Waals surface area contributed by atoms with Crippen LogP contribution in [0.2, 0.25) is 0 Å². The van der Waals surface area contributed by atoms with E-state index in [1.54, 1.807) is 36.4 Å². The summed E-state index contributed by atoms with van der Waals surface area (Å²) in [4.78, 5) is 12.7. The molecule has 9 rings (SSSR count). The molecule has 0 radical (unpaired) electrons. The fourth-order valence-corrected chi connectivity index (χ4v) is 7.93. The maximum atomic E-state index is 13.4. The first-order chi connectivity index (χ1) is 35.4. The third-order valence-electron chi connectivity index (χ3n) is 12.6. The van der Waals surface area contributed by atoms with E-state index in [1.165, 1.54) is 0 Å². The number of hydrogen-bond acceptors (Lipinski definition) is 18. The number of hydrogen-bond donors (Lipinski definition) is 3. The van der Waals surface area contributed by atoms with Gasteiger partial charge in [-0.15, -0.1) is 30.6 Å². The number of pyridine rings is 3. The van der Waals surface area contributed by atoms with Crippen molar-refractivity contribution >= 4 is 0 Å². The van der Waals surface area contributed by atoms with Gasteiger partial charge >= 0.3 is 18.5 Å². The van der Waals surface area contributed by atoms with Crippen LogP contribution >= 0.6 is 0 Å². The summed E-state index contributed by atoms with van der Waals surface area (Å²) < 4.78 is 153. The van der Waals surface area contributed by atoms with E-state index in [4.69, 9.17) is 27.5 Å². The van der Waals surface area contributed by atoms with Gasteiger partial charge in [-0.05, 0) is 96.8 Å². The summed E-state index contributed by atoms with van der Waals surface area (Å²) in [6.07, 6.45) is -10.1. The number of aromatic nitrogens is 9. The van der Waals surface area contributed by atoms with E-state index in [9.17, 15) is 54.8 Å². The maximum absolute atomic E-state index is 13.4. The lowest BCUT2D eigenvalue weighted by molar-refractivity contribution is -0.277. The third-order valence-corrected chi connectivity index (χ3v) is 12.6. The fraction of sp³-hybridized carbons (Fsp3) is 0.562. The maximum Gasteiger partial charge on any atom is 0.426 e. The quantitative estimate of drug-likeness (QED) is 0.120. The van der Waals surface area contributed by atoms with E-state index < -0.39 is 72.3 Å². The molecule has 3 unspecified atom stereocenters. The van der Waals surface area contributed by atoms with Gasteiger partial charge in [0.1, 0.15) is 17.1 Å². The molecule has 0 aromatic carbocycles. The highest BCUT2D eigenvalue weighted by atomic mass is 19.4. The predicted molar refractivity (Wildman–Crippen MR) is 242 cm³/mol. The molecule has 6 aromatic rings. The van der Waals surface area contributed by atoms with Crippen LogP contribution in [0.3, 0.4) is 0 Å². The topological polar surface area (TPSA) is 244 Å². The Morgan fingerprint density at radius 3 is 0.880 bits per heavy atom. The molecule has 0 fully saturated rings. The Kier molecular flexibility index (Phi) is 17.4. The van der Waals surface area contributed by atoms with Crippen molar-refractivity contribution in [1.29, 1.82) is 0 Å². The van der Waals surface area contributed by atoms with E-state index in [0.717, 1.165) is 16.7 Å². The standard InChI is InChI=1S/3C16H18F3N3O3/c3*1-10-6-7-11-13-21-22-14(25-13)15(23,16(17,18)19)8-4-2-3-5-9-24-12(10)20-11/h3*6-7,23H,2-5,8-9H2,1H3. The highest BCUT2D eigenvalue weighted by molar-refractivity contribution is 5.51. The number of aliphatic hydroxyl groups is 3. The van der Waals surface area contributed by atoms with Crippen LogP contribution in [0.25, 0.3) is 34.8 Å². The Hall–Kier alpha value is -6.48. The number of aryl methyl sites for hydroxylation is 3. The first-order valence-corrected chi connectivity index (χ1v) is 24.2. The highest BCUT2D eigenvalue weighted by Crippen LogP contribution is 2.46. The lowest BCUT2D eigenvalue weighted by Gasteiger charge is -2.26. The molecule has 18 nitrogen and oxygen atoms in total. The Bertz CT molecular complexity index is 2540. The number of rotatable bonds is 0. The molecular weight excluding hydrogens is 1020 g/mol. The van der Waals surface area contributed by atoms with E-state index in [2.05, 4.69) is 45.5 Å². The SMILES string of the molecule is Cc1ccc2nc1OCCCCCCC(O)(C(F)(F)F)c1nnc-2o1.Cc1ccc2nc1OCCCCCCC(O)(C(F)(F)F)c1nnc-2o1.Cc1ccc2nc1OCCCCCCC(O)(C(F)(F)F)c1nnc-2o1. The molecule has 6 aromatic heterocycles. The molecule has 3 atom stereocenters. The predicted octanol–water partition coefficient (Wildman–Crippen LogP) is 10.6. The number of alkyl halides is 9. The largest absolute Gasteiger partial charge is 0.477 e. The summed E-state index contributed by atoms with van der Waals surface area (Å²) in [6, 6.07) is 9.80. The van der Waals surface area contributed by atoms with E-state index in [1.807, 2.05) is 20.8 Å². The molecule has 12 bridgehead atoms. The van der Waals surface area contributed by atoms with Crippen LogP contribution in [0.15, 0.2) is 49.6 Å². The van der Waals surface area contributed by atoms with Crippen molar-refractivity contribution in [3.05, 3.63) is 70.8 Å². The third kappa shape index (κ3) is 13.0. The molecule has 408 valence electrons. The van der Waals surface area contributed by atoms with E-state index >= 15 is 0 Å². The Balaban J connectivity index is 0.000000164. The van der Waals surface area contributed by atoms with Crippen molar-refractivity contribution in [3.8, 4) is 52.4 Å². The van der Waals surface area contributed by atoms with Gasteiger partial charge in [0.15, 0.2) is 0 Å². The molecule has 0 amide bonds. The molecular formula is C48H54F9N9O9. The average Bonchev–Trinajstić information content (AvgIpc) is 4.17. The second-order valence-corrected chi connectivity index (χ2v) is 18.3. The number of halogens is 9. The Labute approximate surface area is 422 Å². The molecule has 0 spiro atoms. The van der Waals surface area contributed by atoms with Crippen LogP contribution in [-0.2, 0) is 16.8 Å². The molecule has 0 aliphatic carbocycles. The first kappa shape index (κ1) is 56.3. The second-order valence-electron chi connectivity index (χ2n) is 18.3. The van der Waals surface area contributed by atoms with Gasteiger partial charge in [-0.25, -0.2) is 15.0 Å². The monoisotopic (exact) mass is 1070 g/mol. The van der Waals surface area contributed by atoms with Crippen LogP contribution < -0.4 is 14.2 Å². The van der Waals surface area contributed by atoms with Gasteiger partial charge in [0, 0.05) is 16.7 Å². The Morgan fingerprint density at radius 2 is 0.627 bits per heavy atom. The van der Waals surface area contributed by atoms with Gasteiger partial charge in [0.25, 0.3) is 35.3 Å². The summed E-state index contributed by atoms with van der Waals surface area (Å²) in [6.45, 7) is 6.69. The van der Waals surface area contributed by atoms with Crippen LogP contribution in [-0.4, -0.2) is 99.2 Å². The molecule has 3 aliphatic heterocycles. The molecule has 3 N–H and O–H groups in total. The van der Waals surface area contributed by atoms with Crippen molar-refractivity contribution in [2.45, 2.75) is 152 Å². The first-order valence-electron chi connectivity index (χ1n) is 24.2. The zero-order valence-corrected chi connectivity index (χ0v) is 40.9. The lowest BCUT2D eigenvalue weighted by Crippen LogP contribution is -2.42. The van der Waals surface area contributed by atoms with Crippen molar-refractivity contribution in [2.75, 3.05) is 19.8 Å². The summed E-state index contributed by atoms with van der Waals surface area (Å²) >= 11 is 0. The highest BCUT2D eigenvalue weighted by Gasteiger charge is 2.60. The lowest BCUT2D eigenvalue weighted by atomic mass is 9.95. The molecule has 0 saturated heterocycles. The van der Waals surface area contributed by atoms with Gasteiger partial charge in [0.05, 0.1) is 19.8 Å². The molecule has 9 heterocycles. The van der Waals surface area contributed by atoms with Gasteiger partial charge in [-0.3, -0.25) is 0 Å². The minimum absolute atomic E-state index is 0.177. The molecule has 75 heavy (non-hydrogen) atoms. The normalized spacial score (nSPS) is 22.1. The molecule has 3 aliphatic rings. The minimum Gasteiger partial charge on any atom is -0.477 e. The minimum atomic E-state index is -4.91. The number of nitrogens with zero attached hydrogens (tertiary/aromatic N) is 9. The van der Waals surface area contributed by atoms with Gasteiger partial charge < -0.3 is 42.8 Å². The molecule has 27 heteroatoms. The average molecular weight is 1070 g/mol. The van der Waals surface area contributed by atoms with Crippen molar-refractivity contribution in [1.82, 2.24) is 45.5 Å². The van der Waals surface area contributed by atoms with Gasteiger partial charge in [-0.2, -0.15) is 39.5 Å². The smallest absolute Gasteiger partial charge is 0.426 e. The van der Waals surface area contributed by atoms with Crippen LogP contribution in [0.5, 0.6) is 17.6 Å². The van der Waals surface area contributed by atoms with E-state index in [0.29, 0.717) is 95.2 Å². The molecule has 0 saturated carbocycles. The van der Waals surface area contributed by atoms with Gasteiger partial charge in [0.2, 0.25) is 34.4 Å². The zero-order valence-electron chi connectivity index (χ0n) is 40.9. The summed E-state index contributed by atoms with van der Waals surface area (Å²) in [5.41, 5.74) is -6.51. The Morgan fingerprint density at radius 1 is 0.373 bits per heavy atom. The zero-order chi connectivity index (χ0) is 54.2. The van der Waals surface area contributed by atoms with Crippen molar-refractivity contribution in [3.63, 3.8) is 0 Å². The number of fused-ring (bicyclic) bond motifs is 15. The van der Waals surface area contributed by atoms with Crippen molar-refractivity contribution in [2.24, 2.45) is 0 Å². The summed E-state index contributed by atoms with van der Waals surface area (Å²) in [5.74, 6) is -2.05. The van der Waals surface area contributed by atoms with E-state index in [-0.39, 0.29) is 54.0 Å². The van der Waals surface area contributed by atoms with Crippen LogP contribution in [0.1, 0.15) is 131 Å². The van der Waals surface area contributed by atoms with Crippen LogP contribution in [0, 0.1) is 20.8 Å². The van der Waals surface area contributed by atoms with Crippen LogP contribution in [0.4, 0.5) is 39.5 Å². The summed E-state index contributed by atoms with van der Waals surface area (Å²) in [5, 5.41) is 51.9. The fourth-order valence-electron chi connectivity index (χ4n) is 7.93. The van der Waals surface area contributed by atoms with Gasteiger partial charge in [-0.1, -0.05) is 56.7 Å².